The van der Waals surface area contributed by atoms with Gasteiger partial charge in [-0.3, -0.25) is 9.59 Å². The minimum atomic E-state index is -2.44. The highest BCUT2D eigenvalue weighted by molar-refractivity contribution is 5.94. The van der Waals surface area contributed by atoms with Gasteiger partial charge >= 0.3 is 23.9 Å². The number of ether oxygens (including phenoxy) is 5. The Kier molecular flexibility index (Phi) is 12.6. The average molecular weight is 905 g/mol. The molecule has 3 aliphatic carbocycles. The second kappa shape index (κ2) is 17.4. The Hall–Kier alpha value is -6.06. The van der Waals surface area contributed by atoms with Crippen LogP contribution in [0.3, 0.4) is 0 Å². The number of aliphatic hydroxyl groups is 4. The summed E-state index contributed by atoms with van der Waals surface area (Å²) in [6.45, 7) is 7.45. The van der Waals surface area contributed by atoms with Crippen LogP contribution in [0.2, 0.25) is 0 Å². The lowest BCUT2D eigenvalue weighted by molar-refractivity contribution is -0.392. The number of fused-ring (bicyclic) bond motifs is 5. The minimum absolute atomic E-state index is 0.0248. The van der Waals surface area contributed by atoms with Gasteiger partial charge in [-0.05, 0) is 47.6 Å². The lowest BCUT2D eigenvalue weighted by atomic mass is 9.44. The molecule has 0 spiro atoms. The third kappa shape index (κ3) is 7.96. The number of carbonyl (C=O) groups excluding carboxylic acids is 5. The van der Waals surface area contributed by atoms with E-state index in [9.17, 15) is 49.7 Å². The lowest BCUT2D eigenvalue weighted by Gasteiger charge is -2.67. The molecule has 65 heavy (non-hydrogen) atoms. The SMILES string of the molecule is CC(=O)NC(c1ccccc1)C(O)C(=O)OC1CC2(O)C(OC(=O)c3ccccc3)C3C4(O)COC4CC(OC(=O)OCCn4c([N+](=O)[O-])cnc4C)[C@@]3(C)C(=O)C(O)C(=C1C)C2(C)C. The summed E-state index contributed by atoms with van der Waals surface area (Å²) in [6, 6.07) is 14.5. The molecule has 10 unspecified atom stereocenters. The zero-order valence-corrected chi connectivity index (χ0v) is 36.5. The monoisotopic (exact) mass is 904 g/mol. The predicted octanol–water partition coefficient (Wildman–Crippen LogP) is 2.57. The number of hydrogen-bond acceptors (Lipinski definition) is 17. The van der Waals surface area contributed by atoms with E-state index < -0.39 is 125 Å². The van der Waals surface area contributed by atoms with Crippen LogP contribution in [0.15, 0.2) is 78.0 Å². The molecule has 3 aromatic rings. The van der Waals surface area contributed by atoms with E-state index in [0.717, 1.165) is 6.20 Å². The molecule has 20 heteroatoms. The van der Waals surface area contributed by atoms with E-state index in [1.807, 2.05) is 0 Å². The zero-order chi connectivity index (χ0) is 47.4. The first-order valence-electron chi connectivity index (χ1n) is 21.0. The lowest BCUT2D eigenvalue weighted by Crippen LogP contribution is -2.81. The van der Waals surface area contributed by atoms with Gasteiger partial charge in [0.15, 0.2) is 17.7 Å². The van der Waals surface area contributed by atoms with Crippen molar-refractivity contribution in [3.63, 3.8) is 0 Å². The zero-order valence-electron chi connectivity index (χ0n) is 36.5. The van der Waals surface area contributed by atoms with E-state index in [0.29, 0.717) is 5.56 Å². The van der Waals surface area contributed by atoms with E-state index in [-0.39, 0.29) is 41.3 Å². The summed E-state index contributed by atoms with van der Waals surface area (Å²) in [5.41, 5.74) is -8.06. The van der Waals surface area contributed by atoms with Crippen molar-refractivity contribution in [2.45, 2.75) is 115 Å². The molecular weight excluding hydrogens is 853 g/mol. The first-order valence-corrected chi connectivity index (χ1v) is 21.0. The van der Waals surface area contributed by atoms with Crippen molar-refractivity contribution in [2.24, 2.45) is 16.7 Å². The summed E-state index contributed by atoms with van der Waals surface area (Å²) in [4.78, 5) is 84.1. The van der Waals surface area contributed by atoms with Crippen molar-refractivity contribution < 1.29 is 73.0 Å². The van der Waals surface area contributed by atoms with Gasteiger partial charge in [0.1, 0.15) is 55.0 Å². The maximum absolute atomic E-state index is 15.3. The van der Waals surface area contributed by atoms with Crippen LogP contribution in [-0.4, -0.2) is 126 Å². The number of nitro groups is 1. The fraction of sp³-hybridized carbons (Fsp3) is 0.511. The summed E-state index contributed by atoms with van der Waals surface area (Å²) >= 11 is 0. The van der Waals surface area contributed by atoms with Gasteiger partial charge in [-0.15, -0.1) is 0 Å². The molecule has 1 saturated heterocycles. The minimum Gasteiger partial charge on any atom is -0.456 e. The maximum Gasteiger partial charge on any atom is 0.508 e. The molecule has 5 N–H and O–H groups in total. The van der Waals surface area contributed by atoms with Crippen molar-refractivity contribution >= 4 is 35.6 Å². The van der Waals surface area contributed by atoms with E-state index in [1.54, 1.807) is 48.5 Å². The van der Waals surface area contributed by atoms with Crippen LogP contribution in [0.25, 0.3) is 0 Å². The largest absolute Gasteiger partial charge is 0.508 e. The Bertz CT molecular complexity index is 2410. The first kappa shape index (κ1) is 46.9. The molecule has 11 atom stereocenters. The molecule has 2 aromatic carbocycles. The van der Waals surface area contributed by atoms with Crippen LogP contribution in [-0.2, 0) is 44.6 Å². The van der Waals surface area contributed by atoms with Crippen molar-refractivity contribution in [1.82, 2.24) is 14.9 Å². The van der Waals surface area contributed by atoms with Crippen LogP contribution >= 0.6 is 0 Å². The molecule has 1 aliphatic heterocycles. The fourth-order valence-electron chi connectivity index (χ4n) is 10.3. The summed E-state index contributed by atoms with van der Waals surface area (Å²) in [6.07, 6.45) is -11.5. The highest BCUT2D eigenvalue weighted by Crippen LogP contribution is 2.63. The summed E-state index contributed by atoms with van der Waals surface area (Å²) in [5, 5.41) is 64.1. The number of aliphatic hydroxyl groups excluding tert-OH is 2. The number of rotatable bonds is 12. The Morgan fingerprint density at radius 3 is 2.26 bits per heavy atom. The number of nitrogens with zero attached hydrogens (tertiary/aromatic N) is 3. The molecule has 3 fully saturated rings. The number of hydrogen-bond donors (Lipinski definition) is 5. The highest BCUT2D eigenvalue weighted by atomic mass is 16.7. The summed E-state index contributed by atoms with van der Waals surface area (Å²) in [7, 11) is 0. The Labute approximate surface area is 372 Å². The molecule has 1 aromatic heterocycles. The number of aromatic nitrogens is 2. The molecule has 2 saturated carbocycles. The number of esters is 2. The highest BCUT2D eigenvalue weighted by Gasteiger charge is 2.77. The number of amides is 1. The van der Waals surface area contributed by atoms with Crippen molar-refractivity contribution in [2.75, 3.05) is 13.2 Å². The molecule has 1 amide bonds. The van der Waals surface area contributed by atoms with Gasteiger partial charge < -0.3 is 59.5 Å². The molecule has 2 heterocycles. The summed E-state index contributed by atoms with van der Waals surface area (Å²) < 4.78 is 30.5. The van der Waals surface area contributed by atoms with Gasteiger partial charge in [-0.25, -0.2) is 23.9 Å². The maximum atomic E-state index is 15.3. The van der Waals surface area contributed by atoms with Crippen molar-refractivity contribution in [1.29, 1.82) is 0 Å². The van der Waals surface area contributed by atoms with Gasteiger partial charge in [0.25, 0.3) is 0 Å². The van der Waals surface area contributed by atoms with E-state index in [2.05, 4.69) is 10.3 Å². The number of ketones is 1. The van der Waals surface area contributed by atoms with Crippen LogP contribution in [0, 0.1) is 33.8 Å². The number of Topliss-reactive ketones (excluding diaryl/α,β-unsaturated/α-hetero) is 1. The second-order valence-corrected chi connectivity index (χ2v) is 17.8. The van der Waals surface area contributed by atoms with Gasteiger partial charge in [0.2, 0.25) is 5.91 Å². The molecule has 7 rings (SSSR count). The van der Waals surface area contributed by atoms with Crippen LogP contribution in [0.1, 0.15) is 75.2 Å². The molecular formula is C45H52N4O16. The quantitative estimate of drug-likeness (QED) is 0.0574. The number of aryl methyl sites for hydroxylation is 1. The molecule has 0 radical (unpaired) electrons. The topological polar surface area (TPSA) is 285 Å². The number of benzene rings is 2. The molecule has 348 valence electrons. The number of nitrogens with one attached hydrogen (secondary N) is 1. The average Bonchev–Trinajstić information content (AvgIpc) is 3.64. The van der Waals surface area contributed by atoms with E-state index in [4.69, 9.17) is 23.7 Å². The van der Waals surface area contributed by atoms with Gasteiger partial charge in [0, 0.05) is 38.0 Å². The molecule has 20 nitrogen and oxygen atoms in total. The van der Waals surface area contributed by atoms with E-state index >= 15 is 4.79 Å². The van der Waals surface area contributed by atoms with Crippen LogP contribution in [0.4, 0.5) is 10.6 Å². The third-order valence-corrected chi connectivity index (χ3v) is 13.9. The standard InChI is InChI=1S/C45H52N4O16/c1-23-28(63-40(55)35(52)33(47-25(3)50)26-13-9-7-10-14-26)20-45(58)38(65-39(54)27-15-11-8-12-16-27)36-43(6,37(53)34(51)32(23)42(45,4)5)29(19-30-44(36,57)22-62-30)64-41(56)61-18-17-48-24(2)46-21-31(48)49(59)60/h7-16,21,28-30,33-36,38,51-52,57-58H,17-20,22H2,1-6H3,(H,47,50)/t28?,29?,30?,33?,34?,35?,36?,38?,43-,44?,45?/m1/s1. The first-order chi connectivity index (χ1) is 30.6. The smallest absolute Gasteiger partial charge is 0.456 e. The van der Waals surface area contributed by atoms with Crippen molar-refractivity contribution in [3.05, 3.63) is 105 Å². The van der Waals surface area contributed by atoms with Crippen molar-refractivity contribution in [3.8, 4) is 0 Å². The Balaban J connectivity index is 1.30. The second-order valence-electron chi connectivity index (χ2n) is 17.8. The molecule has 4 aliphatic rings. The van der Waals surface area contributed by atoms with Gasteiger partial charge in [-0.2, -0.15) is 0 Å². The normalized spacial score (nSPS) is 31.0. The van der Waals surface area contributed by atoms with Crippen LogP contribution < -0.4 is 5.32 Å². The summed E-state index contributed by atoms with van der Waals surface area (Å²) in [5.74, 6) is -5.60. The Morgan fingerprint density at radius 2 is 1.66 bits per heavy atom. The van der Waals surface area contributed by atoms with Crippen LogP contribution in [0.5, 0.6) is 0 Å². The van der Waals surface area contributed by atoms with Gasteiger partial charge in [-0.1, -0.05) is 62.4 Å². The fourth-order valence-corrected chi connectivity index (χ4v) is 10.3. The Morgan fingerprint density at radius 1 is 1.02 bits per heavy atom. The number of carbonyl (C=O) groups is 5. The van der Waals surface area contributed by atoms with Gasteiger partial charge in [0.05, 0.1) is 29.7 Å². The number of imidazole rings is 1. The predicted molar refractivity (Wildman–Crippen MR) is 222 cm³/mol. The molecule has 2 bridgehead atoms. The third-order valence-electron chi connectivity index (χ3n) is 13.9. The van der Waals surface area contributed by atoms with E-state index in [1.165, 1.54) is 58.2 Å².